The molecule has 0 fully saturated rings. The molecule has 0 unspecified atom stereocenters. The van der Waals surface area contributed by atoms with Crippen molar-refractivity contribution in [3.05, 3.63) is 18.7 Å². The average molecular weight is 135 g/mol. The average Bonchev–Trinajstić information content (AvgIpc) is 2.33. The third kappa shape index (κ3) is 0.621. The molecule has 0 saturated heterocycles. The predicted molar refractivity (Wildman–Crippen MR) is 35.3 cm³/mol. The molecule has 10 heavy (non-hydrogen) atoms. The number of anilines is 1. The summed E-state index contributed by atoms with van der Waals surface area (Å²) in [5.74, 6) is 0. The van der Waals surface area contributed by atoms with Crippen molar-refractivity contribution in [2.24, 2.45) is 0 Å². The lowest BCUT2D eigenvalue weighted by atomic mass is 10.3. The van der Waals surface area contributed by atoms with E-state index in [1.54, 1.807) is 12.4 Å². The maximum atomic E-state index is 5.28. The third-order valence-electron chi connectivity index (χ3n) is 1.24. The van der Waals surface area contributed by atoms with E-state index in [4.69, 9.17) is 10.2 Å². The number of hydrogen-bond acceptors (Lipinski definition) is 4. The van der Waals surface area contributed by atoms with Gasteiger partial charge in [0.15, 0.2) is 0 Å². The van der Waals surface area contributed by atoms with Crippen molar-refractivity contribution in [3.8, 4) is 11.3 Å². The number of aromatic nitrogens is 2. The third-order valence-corrected chi connectivity index (χ3v) is 1.24. The van der Waals surface area contributed by atoms with Crippen LogP contribution in [0.1, 0.15) is 0 Å². The zero-order valence-electron chi connectivity index (χ0n) is 5.11. The minimum atomic E-state index is 0.167. The Morgan fingerprint density at radius 3 is 3.20 bits per heavy atom. The first-order valence-electron chi connectivity index (χ1n) is 2.81. The fourth-order valence-corrected chi connectivity index (χ4v) is 0.782. The molecular weight excluding hydrogens is 130 g/mol. The molecule has 2 aliphatic heterocycles. The number of rotatable bonds is 0. The molecular formula is C6H5N3O. The van der Waals surface area contributed by atoms with E-state index in [0.717, 1.165) is 11.3 Å². The van der Waals surface area contributed by atoms with Gasteiger partial charge in [0.2, 0.25) is 0 Å². The van der Waals surface area contributed by atoms with Gasteiger partial charge in [-0.1, -0.05) is 0 Å². The first-order chi connectivity index (χ1) is 4.86. The smallest absolute Gasteiger partial charge is 0.292 e. The zero-order chi connectivity index (χ0) is 6.97. The molecule has 2 heterocycles. The standard InChI is InChI=1S/C6H5N3O/c7-6-9-5-2-8-1-4(5)3-10-6/h1-3H,(H2,7,9). The van der Waals surface area contributed by atoms with Crippen molar-refractivity contribution >= 4 is 6.01 Å². The summed E-state index contributed by atoms with van der Waals surface area (Å²) in [5.41, 5.74) is 6.91. The van der Waals surface area contributed by atoms with Gasteiger partial charge in [-0.2, -0.15) is 4.98 Å². The highest BCUT2D eigenvalue weighted by atomic mass is 16.3. The lowest BCUT2D eigenvalue weighted by Crippen LogP contribution is -1.90. The maximum Gasteiger partial charge on any atom is 0.292 e. The van der Waals surface area contributed by atoms with Crippen LogP contribution in [0.5, 0.6) is 0 Å². The van der Waals surface area contributed by atoms with Crippen LogP contribution in [0.4, 0.5) is 6.01 Å². The van der Waals surface area contributed by atoms with Crippen LogP contribution >= 0.6 is 0 Å². The Labute approximate surface area is 57.0 Å². The van der Waals surface area contributed by atoms with Crippen LogP contribution in [0, 0.1) is 0 Å². The Hall–Kier alpha value is -1.58. The van der Waals surface area contributed by atoms with Crippen molar-refractivity contribution in [2.45, 2.75) is 0 Å². The highest BCUT2D eigenvalue weighted by molar-refractivity contribution is 5.58. The lowest BCUT2D eigenvalue weighted by molar-refractivity contribution is 0.554. The molecule has 0 aromatic carbocycles. The van der Waals surface area contributed by atoms with Crippen molar-refractivity contribution < 1.29 is 4.42 Å². The van der Waals surface area contributed by atoms with Gasteiger partial charge in [-0.3, -0.25) is 4.98 Å². The maximum absolute atomic E-state index is 5.28. The minimum absolute atomic E-state index is 0.167. The summed E-state index contributed by atoms with van der Waals surface area (Å²) in [6, 6.07) is 0.167. The number of nitrogens with zero attached hydrogens (tertiary/aromatic N) is 2. The van der Waals surface area contributed by atoms with Gasteiger partial charge in [0, 0.05) is 6.20 Å². The number of hydrogen-bond donors (Lipinski definition) is 1. The molecule has 4 heteroatoms. The summed E-state index contributed by atoms with van der Waals surface area (Å²) < 4.78 is 4.83. The van der Waals surface area contributed by atoms with E-state index in [1.807, 2.05) is 0 Å². The Bertz CT molecular complexity index is 317. The second kappa shape index (κ2) is 1.70. The fourth-order valence-electron chi connectivity index (χ4n) is 0.782. The topological polar surface area (TPSA) is 64.9 Å². The SMILES string of the molecule is Nc1nc2cncc-2co1. The molecule has 0 spiro atoms. The van der Waals surface area contributed by atoms with Gasteiger partial charge in [0.05, 0.1) is 17.5 Å². The van der Waals surface area contributed by atoms with E-state index < -0.39 is 0 Å². The molecule has 0 radical (unpaired) electrons. The summed E-state index contributed by atoms with van der Waals surface area (Å²) in [7, 11) is 0. The van der Waals surface area contributed by atoms with Crippen LogP contribution in [0.2, 0.25) is 0 Å². The van der Waals surface area contributed by atoms with Crippen LogP contribution in [0.15, 0.2) is 23.1 Å². The Kier molecular flexibility index (Phi) is 0.887. The summed E-state index contributed by atoms with van der Waals surface area (Å²) in [5, 5.41) is 0. The van der Waals surface area contributed by atoms with Gasteiger partial charge in [0.1, 0.15) is 6.26 Å². The van der Waals surface area contributed by atoms with Crippen LogP contribution in [-0.4, -0.2) is 9.97 Å². The number of nitrogens with two attached hydrogens (primary N) is 1. The summed E-state index contributed by atoms with van der Waals surface area (Å²) in [6.45, 7) is 0. The number of nitrogen functional groups attached to an aromatic ring is 1. The molecule has 0 aliphatic carbocycles. The normalized spacial score (nSPS) is 10.4. The van der Waals surface area contributed by atoms with Crippen LogP contribution in [0.25, 0.3) is 11.3 Å². The predicted octanol–water partition coefficient (Wildman–Crippen LogP) is 0.757. The highest BCUT2D eigenvalue weighted by Crippen LogP contribution is 2.18. The fraction of sp³-hybridized carbons (Fsp3) is 0. The van der Waals surface area contributed by atoms with Gasteiger partial charge < -0.3 is 10.2 Å². The molecule has 0 amide bonds. The van der Waals surface area contributed by atoms with Crippen LogP contribution < -0.4 is 5.73 Å². The van der Waals surface area contributed by atoms with Gasteiger partial charge in [-0.05, 0) is 0 Å². The van der Waals surface area contributed by atoms with Gasteiger partial charge in [-0.15, -0.1) is 0 Å². The van der Waals surface area contributed by atoms with E-state index in [-0.39, 0.29) is 6.01 Å². The van der Waals surface area contributed by atoms with E-state index in [1.165, 1.54) is 6.26 Å². The van der Waals surface area contributed by atoms with E-state index in [2.05, 4.69) is 9.97 Å². The Morgan fingerprint density at radius 2 is 2.30 bits per heavy atom. The molecule has 50 valence electrons. The number of fused-ring (bicyclic) bond motifs is 1. The largest absolute Gasteiger partial charge is 0.433 e. The molecule has 0 saturated carbocycles. The molecule has 0 bridgehead atoms. The molecule has 2 rings (SSSR count). The highest BCUT2D eigenvalue weighted by Gasteiger charge is 2.04. The van der Waals surface area contributed by atoms with Gasteiger partial charge in [-0.25, -0.2) is 0 Å². The molecule has 0 aromatic heterocycles. The second-order valence-corrected chi connectivity index (χ2v) is 1.93. The molecule has 4 nitrogen and oxygen atoms in total. The summed E-state index contributed by atoms with van der Waals surface area (Å²) >= 11 is 0. The summed E-state index contributed by atoms with van der Waals surface area (Å²) in [4.78, 5) is 7.75. The van der Waals surface area contributed by atoms with Crippen molar-refractivity contribution in [3.63, 3.8) is 0 Å². The van der Waals surface area contributed by atoms with Crippen LogP contribution in [0.3, 0.4) is 0 Å². The van der Waals surface area contributed by atoms with Gasteiger partial charge >= 0.3 is 0 Å². The van der Waals surface area contributed by atoms with E-state index >= 15 is 0 Å². The van der Waals surface area contributed by atoms with Crippen molar-refractivity contribution in [2.75, 3.05) is 5.73 Å². The minimum Gasteiger partial charge on any atom is -0.433 e. The first kappa shape index (κ1) is 5.22. The first-order valence-corrected chi connectivity index (χ1v) is 2.81. The molecule has 2 aliphatic rings. The zero-order valence-corrected chi connectivity index (χ0v) is 5.11. The van der Waals surface area contributed by atoms with E-state index in [0.29, 0.717) is 0 Å². The lowest BCUT2D eigenvalue weighted by Gasteiger charge is -1.94. The second-order valence-electron chi connectivity index (χ2n) is 1.93. The van der Waals surface area contributed by atoms with Gasteiger partial charge in [0.25, 0.3) is 6.01 Å². The van der Waals surface area contributed by atoms with Crippen molar-refractivity contribution in [1.82, 2.24) is 9.97 Å². The molecule has 0 aromatic rings. The monoisotopic (exact) mass is 135 g/mol. The quantitative estimate of drug-likeness (QED) is 0.579. The van der Waals surface area contributed by atoms with Crippen molar-refractivity contribution in [1.29, 1.82) is 0 Å². The molecule has 2 N–H and O–H groups in total. The summed E-state index contributed by atoms with van der Waals surface area (Å²) in [6.07, 6.45) is 4.84. The Morgan fingerprint density at radius 1 is 1.40 bits per heavy atom. The van der Waals surface area contributed by atoms with E-state index in [9.17, 15) is 0 Å². The molecule has 0 atom stereocenters. The Balaban J connectivity index is 2.75. The van der Waals surface area contributed by atoms with Crippen LogP contribution in [-0.2, 0) is 0 Å².